The second kappa shape index (κ2) is 7.48. The Bertz CT molecular complexity index is 936. The predicted molar refractivity (Wildman–Crippen MR) is 103 cm³/mol. The molecule has 1 unspecified atom stereocenters. The maximum atomic E-state index is 12.8. The van der Waals surface area contributed by atoms with E-state index in [-0.39, 0.29) is 11.9 Å². The molecule has 1 N–H and O–H groups in total. The van der Waals surface area contributed by atoms with Gasteiger partial charge >= 0.3 is 0 Å². The zero-order valence-corrected chi connectivity index (χ0v) is 16.2. The molecule has 0 bridgehead atoms. The smallest absolute Gasteiger partial charge is 0.252 e. The maximum absolute atomic E-state index is 12.8. The summed E-state index contributed by atoms with van der Waals surface area (Å²) in [6, 6.07) is 11.9. The molecule has 0 fully saturated rings. The fourth-order valence-electron chi connectivity index (χ4n) is 3.21. The highest BCUT2D eigenvalue weighted by molar-refractivity contribution is 7.92. The van der Waals surface area contributed by atoms with Gasteiger partial charge in [-0.3, -0.25) is 9.10 Å². The van der Waals surface area contributed by atoms with Crippen LogP contribution in [-0.2, 0) is 10.0 Å². The SMILES string of the molecule is COc1cc(OC)cc(C(=O)NC2CCN(S(C)(=O)=O)c3ccccc32)c1. The Morgan fingerprint density at radius 3 is 2.33 bits per heavy atom. The standard InChI is InChI=1S/C19H22N2O5S/c1-25-14-10-13(11-15(12-14)26-2)19(22)20-17-8-9-21(27(3,23)24)18-7-5-4-6-16(17)18/h4-7,10-12,17H,8-9H2,1-3H3,(H,20,22). The molecule has 2 aromatic carbocycles. The summed E-state index contributed by atoms with van der Waals surface area (Å²) >= 11 is 0. The van der Waals surface area contributed by atoms with Crippen LogP contribution in [0.2, 0.25) is 0 Å². The van der Waals surface area contributed by atoms with E-state index in [1.54, 1.807) is 30.3 Å². The van der Waals surface area contributed by atoms with Crippen molar-refractivity contribution in [3.05, 3.63) is 53.6 Å². The number of fused-ring (bicyclic) bond motifs is 1. The lowest BCUT2D eigenvalue weighted by Crippen LogP contribution is -2.40. The lowest BCUT2D eigenvalue weighted by atomic mass is 9.97. The molecule has 0 saturated carbocycles. The van der Waals surface area contributed by atoms with Crippen molar-refractivity contribution in [2.24, 2.45) is 0 Å². The van der Waals surface area contributed by atoms with Crippen LogP contribution in [0.5, 0.6) is 11.5 Å². The Hall–Kier alpha value is -2.74. The van der Waals surface area contributed by atoms with Crippen molar-refractivity contribution < 1.29 is 22.7 Å². The Morgan fingerprint density at radius 1 is 1.11 bits per heavy atom. The van der Waals surface area contributed by atoms with Gasteiger partial charge in [-0.1, -0.05) is 18.2 Å². The van der Waals surface area contributed by atoms with Crippen molar-refractivity contribution in [3.63, 3.8) is 0 Å². The summed E-state index contributed by atoms with van der Waals surface area (Å²) in [7, 11) is -0.331. The highest BCUT2D eigenvalue weighted by atomic mass is 32.2. The van der Waals surface area contributed by atoms with E-state index in [2.05, 4.69) is 5.32 Å². The van der Waals surface area contributed by atoms with Crippen LogP contribution in [-0.4, -0.2) is 41.3 Å². The lowest BCUT2D eigenvalue weighted by molar-refractivity contribution is 0.0934. The van der Waals surface area contributed by atoms with Crippen LogP contribution in [0.25, 0.3) is 0 Å². The third-order valence-electron chi connectivity index (χ3n) is 4.52. The molecule has 8 heteroatoms. The van der Waals surface area contributed by atoms with E-state index in [1.165, 1.54) is 24.8 Å². The van der Waals surface area contributed by atoms with Gasteiger partial charge in [0.2, 0.25) is 10.0 Å². The van der Waals surface area contributed by atoms with Gasteiger partial charge in [-0.05, 0) is 30.2 Å². The molecule has 2 aromatic rings. The first-order valence-corrected chi connectivity index (χ1v) is 10.3. The molecule has 3 rings (SSSR count). The minimum absolute atomic E-state index is 0.278. The van der Waals surface area contributed by atoms with Gasteiger partial charge in [-0.25, -0.2) is 8.42 Å². The summed E-state index contributed by atoms with van der Waals surface area (Å²) in [5, 5.41) is 2.99. The molecule has 1 atom stereocenters. The van der Waals surface area contributed by atoms with E-state index < -0.39 is 10.0 Å². The Labute approximate surface area is 158 Å². The van der Waals surface area contributed by atoms with Crippen LogP contribution in [0.15, 0.2) is 42.5 Å². The first-order chi connectivity index (χ1) is 12.8. The van der Waals surface area contributed by atoms with Gasteiger partial charge in [-0.2, -0.15) is 0 Å². The molecule has 0 aromatic heterocycles. The highest BCUT2D eigenvalue weighted by Crippen LogP contribution is 2.35. The maximum Gasteiger partial charge on any atom is 0.252 e. The van der Waals surface area contributed by atoms with Crippen molar-refractivity contribution >= 4 is 21.6 Å². The van der Waals surface area contributed by atoms with Crippen LogP contribution in [0.3, 0.4) is 0 Å². The van der Waals surface area contributed by atoms with Crippen molar-refractivity contribution in [2.75, 3.05) is 31.3 Å². The molecular formula is C19H22N2O5S. The number of para-hydroxylation sites is 1. The van der Waals surface area contributed by atoms with Crippen LogP contribution in [0, 0.1) is 0 Å². The van der Waals surface area contributed by atoms with Gasteiger partial charge in [0.15, 0.2) is 0 Å². The highest BCUT2D eigenvalue weighted by Gasteiger charge is 2.30. The lowest BCUT2D eigenvalue weighted by Gasteiger charge is -2.34. The monoisotopic (exact) mass is 390 g/mol. The number of benzene rings is 2. The van der Waals surface area contributed by atoms with Crippen LogP contribution < -0.4 is 19.1 Å². The minimum atomic E-state index is -3.37. The second-order valence-electron chi connectivity index (χ2n) is 6.31. The van der Waals surface area contributed by atoms with Crippen LogP contribution in [0.4, 0.5) is 5.69 Å². The number of nitrogens with zero attached hydrogens (tertiary/aromatic N) is 1. The average molecular weight is 390 g/mol. The summed E-state index contributed by atoms with van der Waals surface area (Å²) in [6.45, 7) is 0.308. The number of anilines is 1. The van der Waals surface area contributed by atoms with Gasteiger partial charge in [-0.15, -0.1) is 0 Å². The number of ether oxygens (including phenoxy) is 2. The first-order valence-electron chi connectivity index (χ1n) is 8.44. The Balaban J connectivity index is 1.89. The van der Waals surface area contributed by atoms with Gasteiger partial charge in [0, 0.05) is 18.2 Å². The molecule has 1 aliphatic rings. The van der Waals surface area contributed by atoms with Gasteiger partial charge in [0.25, 0.3) is 5.91 Å². The average Bonchev–Trinajstić information content (AvgIpc) is 2.66. The van der Waals surface area contributed by atoms with Gasteiger partial charge in [0.05, 0.1) is 32.2 Å². The van der Waals surface area contributed by atoms with Crippen molar-refractivity contribution in [1.82, 2.24) is 5.32 Å². The molecule has 1 aliphatic heterocycles. The second-order valence-corrected chi connectivity index (χ2v) is 8.22. The van der Waals surface area contributed by atoms with E-state index in [9.17, 15) is 13.2 Å². The van der Waals surface area contributed by atoms with Crippen LogP contribution >= 0.6 is 0 Å². The number of methoxy groups -OCH3 is 2. The molecule has 27 heavy (non-hydrogen) atoms. The molecule has 0 aliphatic carbocycles. The first kappa shape index (κ1) is 19.0. The summed E-state index contributed by atoms with van der Waals surface area (Å²) < 4.78 is 35.9. The van der Waals surface area contributed by atoms with E-state index in [4.69, 9.17) is 9.47 Å². The molecule has 144 valence electrons. The fourth-order valence-corrected chi connectivity index (χ4v) is 4.17. The summed E-state index contributed by atoms with van der Waals surface area (Å²) in [4.78, 5) is 12.8. The number of rotatable bonds is 5. The molecule has 0 radical (unpaired) electrons. The third kappa shape index (κ3) is 4.00. The molecule has 1 heterocycles. The minimum Gasteiger partial charge on any atom is -0.497 e. The number of hydrogen-bond acceptors (Lipinski definition) is 5. The van der Waals surface area contributed by atoms with E-state index in [0.29, 0.717) is 35.7 Å². The topological polar surface area (TPSA) is 84.9 Å². The number of carbonyl (C=O) groups is 1. The summed E-state index contributed by atoms with van der Waals surface area (Å²) in [6.07, 6.45) is 1.67. The van der Waals surface area contributed by atoms with Crippen molar-refractivity contribution in [1.29, 1.82) is 0 Å². The van der Waals surface area contributed by atoms with Gasteiger partial charge < -0.3 is 14.8 Å². The third-order valence-corrected chi connectivity index (χ3v) is 5.70. The van der Waals surface area contributed by atoms with Crippen LogP contribution in [0.1, 0.15) is 28.4 Å². The largest absolute Gasteiger partial charge is 0.497 e. The number of amides is 1. The number of sulfonamides is 1. The fraction of sp³-hybridized carbons (Fsp3) is 0.316. The number of nitrogens with one attached hydrogen (secondary N) is 1. The van der Waals surface area contributed by atoms with E-state index in [0.717, 1.165) is 5.56 Å². The summed E-state index contributed by atoms with van der Waals surface area (Å²) in [5.41, 5.74) is 1.78. The Kier molecular flexibility index (Phi) is 5.27. The molecule has 0 saturated heterocycles. The van der Waals surface area contributed by atoms with E-state index >= 15 is 0 Å². The molecular weight excluding hydrogens is 368 g/mol. The van der Waals surface area contributed by atoms with E-state index in [1.807, 2.05) is 12.1 Å². The summed E-state index contributed by atoms with van der Waals surface area (Å²) in [5.74, 6) is 0.762. The molecule has 1 amide bonds. The quantitative estimate of drug-likeness (QED) is 0.847. The van der Waals surface area contributed by atoms with Crippen molar-refractivity contribution in [2.45, 2.75) is 12.5 Å². The van der Waals surface area contributed by atoms with Crippen molar-refractivity contribution in [3.8, 4) is 11.5 Å². The number of hydrogen-bond donors (Lipinski definition) is 1. The normalized spacial score (nSPS) is 16.4. The zero-order valence-electron chi connectivity index (χ0n) is 15.4. The number of carbonyl (C=O) groups excluding carboxylic acids is 1. The molecule has 0 spiro atoms. The predicted octanol–water partition coefficient (Wildman–Crippen LogP) is 2.34. The zero-order chi connectivity index (χ0) is 19.6. The Morgan fingerprint density at radius 2 is 1.74 bits per heavy atom. The molecule has 7 nitrogen and oxygen atoms in total. The van der Waals surface area contributed by atoms with Gasteiger partial charge in [0.1, 0.15) is 11.5 Å².